The largest absolute Gasteiger partial charge is 0.424 e. The van der Waals surface area contributed by atoms with Gasteiger partial charge < -0.3 is 13.7 Å². The third-order valence-electron chi connectivity index (χ3n) is 3.57. The van der Waals surface area contributed by atoms with E-state index in [2.05, 4.69) is 36.1 Å². The molecule has 0 aromatic carbocycles. The molecule has 0 aliphatic carbocycles. The fourth-order valence-electron chi connectivity index (χ4n) is 2.67. The lowest BCUT2D eigenvalue weighted by Crippen LogP contribution is -2.30. The summed E-state index contributed by atoms with van der Waals surface area (Å²) in [7, 11) is 0. The Balaban J connectivity index is 1.76. The number of ether oxygens (including phenoxy) is 1. The van der Waals surface area contributed by atoms with Gasteiger partial charge in [-0.05, 0) is 11.8 Å². The zero-order valence-electron chi connectivity index (χ0n) is 12.0. The minimum absolute atomic E-state index is 0.0575. The molecule has 3 rings (SSSR count). The van der Waals surface area contributed by atoms with E-state index in [9.17, 15) is 0 Å². The van der Waals surface area contributed by atoms with Gasteiger partial charge in [-0.2, -0.15) is 0 Å². The Morgan fingerprint density at radius 3 is 2.85 bits per heavy atom. The highest BCUT2D eigenvalue weighted by Gasteiger charge is 2.41. The van der Waals surface area contributed by atoms with Crippen LogP contribution in [0.25, 0.3) is 0 Å². The standard InChI is InChI=1S/C14H19N3O3/c1-14(2,3)12-10(5-6-18-12)13-16-15-11(20-13)8-9-4-7-19-17-9/h4,7,10,12H,5-6,8H2,1-3H3/t10-,12-/m0/s1. The van der Waals surface area contributed by atoms with Crippen molar-refractivity contribution in [1.29, 1.82) is 0 Å². The maximum absolute atomic E-state index is 5.84. The second-order valence-corrected chi connectivity index (χ2v) is 6.25. The second kappa shape index (κ2) is 5.01. The lowest BCUT2D eigenvalue weighted by Gasteiger charge is -2.29. The van der Waals surface area contributed by atoms with Crippen LogP contribution in [0.2, 0.25) is 0 Å². The number of rotatable bonds is 3. The Kier molecular flexibility index (Phi) is 3.33. The molecule has 0 bridgehead atoms. The van der Waals surface area contributed by atoms with Gasteiger partial charge >= 0.3 is 0 Å². The summed E-state index contributed by atoms with van der Waals surface area (Å²) < 4.78 is 16.4. The van der Waals surface area contributed by atoms with Gasteiger partial charge in [0.25, 0.3) is 0 Å². The van der Waals surface area contributed by atoms with Crippen LogP contribution in [-0.4, -0.2) is 28.1 Å². The predicted molar refractivity (Wildman–Crippen MR) is 70.2 cm³/mol. The minimum Gasteiger partial charge on any atom is -0.424 e. The quantitative estimate of drug-likeness (QED) is 0.858. The third-order valence-corrected chi connectivity index (χ3v) is 3.57. The molecule has 0 spiro atoms. The lowest BCUT2D eigenvalue weighted by molar-refractivity contribution is 0.0170. The maximum atomic E-state index is 5.84. The zero-order valence-corrected chi connectivity index (χ0v) is 12.0. The SMILES string of the molecule is CC(C)(C)[C@H]1OCC[C@@H]1c1nnc(Cc2ccon2)o1. The minimum atomic E-state index is 0.0575. The van der Waals surface area contributed by atoms with E-state index in [0.717, 1.165) is 18.7 Å². The molecule has 0 amide bonds. The second-order valence-electron chi connectivity index (χ2n) is 6.25. The highest BCUT2D eigenvalue weighted by molar-refractivity contribution is 5.06. The van der Waals surface area contributed by atoms with E-state index in [4.69, 9.17) is 13.7 Å². The van der Waals surface area contributed by atoms with Crippen LogP contribution < -0.4 is 0 Å². The highest BCUT2D eigenvalue weighted by atomic mass is 16.5. The molecule has 2 aromatic rings. The monoisotopic (exact) mass is 277 g/mol. The molecule has 0 N–H and O–H groups in total. The van der Waals surface area contributed by atoms with Gasteiger partial charge in [-0.15, -0.1) is 10.2 Å². The molecule has 1 fully saturated rings. The Morgan fingerprint density at radius 1 is 1.30 bits per heavy atom. The van der Waals surface area contributed by atoms with Crippen LogP contribution in [0.15, 0.2) is 21.3 Å². The van der Waals surface area contributed by atoms with Crippen molar-refractivity contribution < 1.29 is 13.7 Å². The molecule has 6 heteroatoms. The van der Waals surface area contributed by atoms with Crippen molar-refractivity contribution in [3.8, 4) is 0 Å². The molecule has 1 saturated heterocycles. The van der Waals surface area contributed by atoms with Gasteiger partial charge in [0.2, 0.25) is 11.8 Å². The Hall–Kier alpha value is -1.69. The summed E-state index contributed by atoms with van der Waals surface area (Å²) in [6.07, 6.45) is 3.07. The molecule has 2 aromatic heterocycles. The normalized spacial score (nSPS) is 23.4. The van der Waals surface area contributed by atoms with Gasteiger partial charge in [-0.3, -0.25) is 0 Å². The number of aromatic nitrogens is 3. The Labute approximate surface area is 117 Å². The fourth-order valence-corrected chi connectivity index (χ4v) is 2.67. The summed E-state index contributed by atoms with van der Waals surface area (Å²) in [5, 5.41) is 12.1. The van der Waals surface area contributed by atoms with Gasteiger partial charge in [-0.1, -0.05) is 25.9 Å². The molecule has 2 atom stereocenters. The van der Waals surface area contributed by atoms with Crippen molar-refractivity contribution >= 4 is 0 Å². The van der Waals surface area contributed by atoms with Crippen LogP contribution in [0.1, 0.15) is 50.6 Å². The van der Waals surface area contributed by atoms with Crippen molar-refractivity contribution in [3.05, 3.63) is 29.8 Å². The average molecular weight is 277 g/mol. The van der Waals surface area contributed by atoms with Crippen LogP contribution in [0.5, 0.6) is 0 Å². The van der Waals surface area contributed by atoms with Crippen LogP contribution in [0.4, 0.5) is 0 Å². The molecule has 6 nitrogen and oxygen atoms in total. The summed E-state index contributed by atoms with van der Waals surface area (Å²) in [6.45, 7) is 7.25. The van der Waals surface area contributed by atoms with Crippen molar-refractivity contribution in [3.63, 3.8) is 0 Å². The molecule has 108 valence electrons. The van der Waals surface area contributed by atoms with E-state index in [0.29, 0.717) is 18.2 Å². The Bertz CT molecular complexity index is 556. The fraction of sp³-hybridized carbons (Fsp3) is 0.643. The van der Waals surface area contributed by atoms with Gasteiger partial charge in [0.15, 0.2) is 0 Å². The summed E-state index contributed by atoms with van der Waals surface area (Å²) >= 11 is 0. The van der Waals surface area contributed by atoms with E-state index < -0.39 is 0 Å². The smallest absolute Gasteiger partial charge is 0.222 e. The molecule has 1 aliphatic rings. The van der Waals surface area contributed by atoms with E-state index in [1.165, 1.54) is 6.26 Å². The number of hydrogen-bond donors (Lipinski definition) is 0. The number of nitrogens with zero attached hydrogens (tertiary/aromatic N) is 3. The van der Waals surface area contributed by atoms with E-state index in [1.54, 1.807) is 6.07 Å². The van der Waals surface area contributed by atoms with Crippen LogP contribution in [0.3, 0.4) is 0 Å². The summed E-state index contributed by atoms with van der Waals surface area (Å²) in [4.78, 5) is 0. The molecular weight excluding hydrogens is 258 g/mol. The predicted octanol–water partition coefficient (Wildman–Crippen LogP) is 2.57. The van der Waals surface area contributed by atoms with Crippen molar-refractivity contribution in [1.82, 2.24) is 15.4 Å². The van der Waals surface area contributed by atoms with Crippen molar-refractivity contribution in [2.24, 2.45) is 5.41 Å². The first-order valence-corrected chi connectivity index (χ1v) is 6.87. The van der Waals surface area contributed by atoms with E-state index in [1.807, 2.05) is 0 Å². The maximum Gasteiger partial charge on any atom is 0.222 e. The first kappa shape index (κ1) is 13.3. The van der Waals surface area contributed by atoms with Crippen molar-refractivity contribution in [2.45, 2.75) is 45.6 Å². The molecule has 1 aliphatic heterocycles. The first-order valence-electron chi connectivity index (χ1n) is 6.87. The van der Waals surface area contributed by atoms with Crippen LogP contribution in [0, 0.1) is 5.41 Å². The average Bonchev–Trinajstić information content (AvgIpc) is 3.08. The lowest BCUT2D eigenvalue weighted by atomic mass is 9.81. The third kappa shape index (κ3) is 2.60. The number of hydrogen-bond acceptors (Lipinski definition) is 6. The summed E-state index contributed by atoms with van der Waals surface area (Å²) in [5.74, 6) is 1.41. The van der Waals surface area contributed by atoms with Gasteiger partial charge in [0.1, 0.15) is 6.26 Å². The molecular formula is C14H19N3O3. The molecule has 0 unspecified atom stereocenters. The molecule has 0 radical (unpaired) electrons. The zero-order chi connectivity index (χ0) is 14.2. The molecule has 0 saturated carbocycles. The summed E-state index contributed by atoms with van der Waals surface area (Å²) in [5.41, 5.74) is 0.845. The van der Waals surface area contributed by atoms with Crippen LogP contribution in [-0.2, 0) is 11.2 Å². The van der Waals surface area contributed by atoms with Crippen molar-refractivity contribution in [2.75, 3.05) is 6.61 Å². The molecule has 20 heavy (non-hydrogen) atoms. The van der Waals surface area contributed by atoms with E-state index in [-0.39, 0.29) is 17.4 Å². The Morgan fingerprint density at radius 2 is 2.15 bits per heavy atom. The van der Waals surface area contributed by atoms with Gasteiger partial charge in [0.05, 0.1) is 24.1 Å². The van der Waals surface area contributed by atoms with E-state index >= 15 is 0 Å². The highest BCUT2D eigenvalue weighted by Crippen LogP contribution is 2.40. The van der Waals surface area contributed by atoms with Crippen LogP contribution >= 0.6 is 0 Å². The topological polar surface area (TPSA) is 74.2 Å². The van der Waals surface area contributed by atoms with Gasteiger partial charge in [0, 0.05) is 12.7 Å². The first-order chi connectivity index (χ1) is 9.54. The summed E-state index contributed by atoms with van der Waals surface area (Å²) in [6, 6.07) is 1.79. The van der Waals surface area contributed by atoms with Gasteiger partial charge in [-0.25, -0.2) is 0 Å². The molecule has 3 heterocycles.